The minimum absolute atomic E-state index is 0.0539. The number of piperidine rings is 1. The van der Waals surface area contributed by atoms with Gasteiger partial charge in [-0.2, -0.15) is 5.10 Å². The molecule has 0 unspecified atom stereocenters. The van der Waals surface area contributed by atoms with Crippen molar-refractivity contribution < 1.29 is 14.3 Å². The molecule has 1 saturated heterocycles. The van der Waals surface area contributed by atoms with Gasteiger partial charge in [-0.25, -0.2) is 14.8 Å². The average Bonchev–Trinajstić information content (AvgIpc) is 3.30. The Morgan fingerprint density at radius 1 is 1.05 bits per heavy atom. The van der Waals surface area contributed by atoms with Gasteiger partial charge in [-0.1, -0.05) is 0 Å². The summed E-state index contributed by atoms with van der Waals surface area (Å²) in [6.07, 6.45) is 8.63. The zero-order chi connectivity index (χ0) is 25.4. The summed E-state index contributed by atoms with van der Waals surface area (Å²) in [7, 11) is 1.65. The van der Waals surface area contributed by atoms with Gasteiger partial charge in [-0.05, 0) is 62.3 Å². The summed E-state index contributed by atoms with van der Waals surface area (Å²) in [4.78, 5) is 39.2. The highest BCUT2D eigenvalue weighted by Crippen LogP contribution is 2.29. The molecule has 10 nitrogen and oxygen atoms in total. The van der Waals surface area contributed by atoms with Gasteiger partial charge < -0.3 is 19.9 Å². The summed E-state index contributed by atoms with van der Waals surface area (Å²) in [6.45, 7) is 3.03. The van der Waals surface area contributed by atoms with Gasteiger partial charge in [0.25, 0.3) is 0 Å². The second-order valence-corrected chi connectivity index (χ2v) is 9.89. The molecule has 2 amide bonds. The third kappa shape index (κ3) is 4.52. The molecule has 3 aromatic rings. The van der Waals surface area contributed by atoms with Gasteiger partial charge in [0.15, 0.2) is 0 Å². The Balaban J connectivity index is 1.12. The largest absolute Gasteiger partial charge is 0.497 e. The van der Waals surface area contributed by atoms with Crippen LogP contribution in [0.4, 0.5) is 16.3 Å². The summed E-state index contributed by atoms with van der Waals surface area (Å²) >= 11 is 0. The number of ketones is 1. The van der Waals surface area contributed by atoms with E-state index in [1.54, 1.807) is 19.4 Å². The molecule has 37 heavy (non-hydrogen) atoms. The Labute approximate surface area is 215 Å². The number of urea groups is 1. The van der Waals surface area contributed by atoms with Crippen LogP contribution in [0.25, 0.3) is 0 Å². The average molecular weight is 502 g/mol. The van der Waals surface area contributed by atoms with Crippen LogP contribution >= 0.6 is 0 Å². The fourth-order valence-corrected chi connectivity index (χ4v) is 5.70. The molecule has 0 bridgehead atoms. The van der Waals surface area contributed by atoms with Crippen LogP contribution in [0.3, 0.4) is 0 Å². The number of benzene rings is 1. The second-order valence-electron chi connectivity index (χ2n) is 9.89. The molecule has 6 rings (SSSR count). The fraction of sp³-hybridized carbons (Fsp3) is 0.444. The van der Waals surface area contributed by atoms with Crippen LogP contribution in [0.15, 0.2) is 36.8 Å². The molecular weight excluding hydrogens is 470 g/mol. The maximum Gasteiger partial charge on any atom is 0.322 e. The molecule has 2 aromatic heterocycles. The summed E-state index contributed by atoms with van der Waals surface area (Å²) in [5.74, 6) is 1.45. The number of aromatic nitrogens is 4. The molecule has 0 aliphatic carbocycles. The molecule has 0 spiro atoms. The van der Waals surface area contributed by atoms with E-state index in [9.17, 15) is 9.59 Å². The van der Waals surface area contributed by atoms with Gasteiger partial charge in [-0.15, -0.1) is 0 Å². The van der Waals surface area contributed by atoms with Crippen molar-refractivity contribution in [3.63, 3.8) is 0 Å². The molecule has 10 heteroatoms. The molecule has 0 radical (unpaired) electrons. The van der Waals surface area contributed by atoms with E-state index in [0.717, 1.165) is 86.7 Å². The number of carbonyl (C=O) groups excluding carboxylic acids is 2. The van der Waals surface area contributed by atoms with Crippen molar-refractivity contribution in [2.75, 3.05) is 37.0 Å². The lowest BCUT2D eigenvalue weighted by atomic mass is 10.0. The zero-order valence-electron chi connectivity index (χ0n) is 21.0. The Bertz CT molecular complexity index is 1330. The number of aryl methyl sites for hydroxylation is 1. The summed E-state index contributed by atoms with van der Waals surface area (Å²) in [5, 5.41) is 7.47. The lowest BCUT2D eigenvalue weighted by Crippen LogP contribution is -2.49. The van der Waals surface area contributed by atoms with E-state index in [2.05, 4.69) is 25.3 Å². The number of hydrogen-bond donors (Lipinski definition) is 1. The topological polar surface area (TPSA) is 105 Å². The maximum atomic E-state index is 13.3. The van der Waals surface area contributed by atoms with Crippen LogP contribution in [-0.4, -0.2) is 69.2 Å². The highest BCUT2D eigenvalue weighted by molar-refractivity contribution is 6.08. The highest BCUT2D eigenvalue weighted by atomic mass is 16.5. The number of fused-ring (bicyclic) bond motifs is 2. The molecule has 1 fully saturated rings. The van der Waals surface area contributed by atoms with Crippen molar-refractivity contribution in [3.8, 4) is 5.75 Å². The van der Waals surface area contributed by atoms with Crippen LogP contribution < -0.4 is 15.0 Å². The fourth-order valence-electron chi connectivity index (χ4n) is 5.70. The van der Waals surface area contributed by atoms with Crippen molar-refractivity contribution in [2.24, 2.45) is 0 Å². The summed E-state index contributed by atoms with van der Waals surface area (Å²) in [6, 6.07) is 7.66. The molecule has 0 atom stereocenters. The summed E-state index contributed by atoms with van der Waals surface area (Å²) < 4.78 is 7.29. The predicted octanol–water partition coefficient (Wildman–Crippen LogP) is 3.31. The van der Waals surface area contributed by atoms with Crippen LogP contribution in [0.2, 0.25) is 0 Å². The number of hydrogen-bond acceptors (Lipinski definition) is 7. The Kier molecular flexibility index (Phi) is 6.23. The minimum Gasteiger partial charge on any atom is -0.497 e. The molecule has 192 valence electrons. The van der Waals surface area contributed by atoms with Crippen molar-refractivity contribution in [2.45, 2.75) is 51.1 Å². The SMILES string of the molecule is COc1ccc2c(c1)CCN(C1CCN(c3cc(C(=O)c4cnn5c4CCCC5)ncn3)CC1)C(=O)N2. The van der Waals surface area contributed by atoms with Gasteiger partial charge >= 0.3 is 6.03 Å². The number of nitrogens with one attached hydrogen (secondary N) is 1. The van der Waals surface area contributed by atoms with E-state index in [0.29, 0.717) is 17.8 Å². The number of methoxy groups -OCH3 is 1. The van der Waals surface area contributed by atoms with Gasteiger partial charge in [0, 0.05) is 49.7 Å². The first-order valence-electron chi connectivity index (χ1n) is 13.0. The Morgan fingerprint density at radius 3 is 2.76 bits per heavy atom. The molecule has 0 saturated carbocycles. The first-order valence-corrected chi connectivity index (χ1v) is 13.0. The van der Waals surface area contributed by atoms with Gasteiger partial charge in [0.05, 0.1) is 18.9 Å². The maximum absolute atomic E-state index is 13.3. The van der Waals surface area contributed by atoms with Gasteiger partial charge in [0.1, 0.15) is 23.6 Å². The molecule has 1 aromatic carbocycles. The molecule has 3 aliphatic rings. The molecule has 5 heterocycles. The highest BCUT2D eigenvalue weighted by Gasteiger charge is 2.31. The van der Waals surface area contributed by atoms with Crippen LogP contribution in [-0.2, 0) is 19.4 Å². The van der Waals surface area contributed by atoms with Crippen molar-refractivity contribution in [1.29, 1.82) is 0 Å². The van der Waals surface area contributed by atoms with Crippen molar-refractivity contribution in [3.05, 3.63) is 59.3 Å². The quantitative estimate of drug-likeness (QED) is 0.535. The van der Waals surface area contributed by atoms with Crippen molar-refractivity contribution >= 4 is 23.3 Å². The van der Waals surface area contributed by atoms with Crippen LogP contribution in [0.1, 0.15) is 53.0 Å². The van der Waals surface area contributed by atoms with Crippen molar-refractivity contribution in [1.82, 2.24) is 24.6 Å². The number of nitrogens with zero attached hydrogens (tertiary/aromatic N) is 6. The number of carbonyl (C=O) groups is 2. The zero-order valence-corrected chi connectivity index (χ0v) is 21.0. The number of amides is 2. The van der Waals surface area contributed by atoms with E-state index in [1.807, 2.05) is 27.8 Å². The lowest BCUT2D eigenvalue weighted by Gasteiger charge is -2.38. The smallest absolute Gasteiger partial charge is 0.322 e. The minimum atomic E-state index is -0.0980. The third-order valence-electron chi connectivity index (χ3n) is 7.78. The first kappa shape index (κ1) is 23.4. The monoisotopic (exact) mass is 501 g/mol. The molecule has 1 N–H and O–H groups in total. The Hall–Kier alpha value is -3.95. The lowest BCUT2D eigenvalue weighted by molar-refractivity contribution is 0.103. The number of rotatable bonds is 5. The first-order chi connectivity index (χ1) is 18.1. The summed E-state index contributed by atoms with van der Waals surface area (Å²) in [5.41, 5.74) is 3.99. The third-order valence-corrected chi connectivity index (χ3v) is 7.78. The normalized spacial score (nSPS) is 18.0. The van der Waals surface area contributed by atoms with Gasteiger partial charge in [-0.3, -0.25) is 9.48 Å². The second kappa shape index (κ2) is 9.84. The van der Waals surface area contributed by atoms with Gasteiger partial charge in [0.2, 0.25) is 5.78 Å². The molecule has 3 aliphatic heterocycles. The van der Waals surface area contributed by atoms with Crippen LogP contribution in [0.5, 0.6) is 5.75 Å². The van der Waals surface area contributed by atoms with E-state index in [-0.39, 0.29) is 17.9 Å². The standard InChI is InChI=1S/C27H31N7O3/c1-37-20-5-6-22-18(14-20)7-13-33(27(36)31-22)19-8-11-32(12-9-19)25-15-23(28-17-29-25)26(35)21-16-30-34-10-3-2-4-24(21)34/h5-6,14-17,19H,2-4,7-13H2,1H3,(H,31,36). The van der Waals surface area contributed by atoms with Crippen LogP contribution in [0, 0.1) is 0 Å². The molecular formula is C27H31N7O3. The number of anilines is 2. The number of ether oxygens (including phenoxy) is 1. The van der Waals surface area contributed by atoms with E-state index < -0.39 is 0 Å². The van der Waals surface area contributed by atoms with E-state index in [4.69, 9.17) is 4.74 Å². The Morgan fingerprint density at radius 2 is 1.92 bits per heavy atom. The predicted molar refractivity (Wildman–Crippen MR) is 138 cm³/mol. The van der Waals surface area contributed by atoms with E-state index >= 15 is 0 Å². The van der Waals surface area contributed by atoms with E-state index in [1.165, 1.54) is 6.33 Å².